The molecule has 21 heavy (non-hydrogen) atoms. The Morgan fingerprint density at radius 3 is 2.76 bits per heavy atom. The van der Waals surface area contributed by atoms with Crippen molar-refractivity contribution >= 4 is 0 Å². The third-order valence-electron chi connectivity index (χ3n) is 4.92. The second kappa shape index (κ2) is 6.80. The third kappa shape index (κ3) is 3.78. The minimum atomic E-state index is -0.381. The van der Waals surface area contributed by atoms with Crippen molar-refractivity contribution in [2.24, 2.45) is 5.92 Å². The van der Waals surface area contributed by atoms with Gasteiger partial charge in [-0.1, -0.05) is 31.7 Å². The summed E-state index contributed by atoms with van der Waals surface area (Å²) in [5.74, 6) is 1.44. The van der Waals surface area contributed by atoms with E-state index >= 15 is 0 Å². The summed E-state index contributed by atoms with van der Waals surface area (Å²) in [6.45, 7) is 0.353. The molecule has 3 heteroatoms. The summed E-state index contributed by atoms with van der Waals surface area (Å²) >= 11 is 0. The van der Waals surface area contributed by atoms with Gasteiger partial charge in [-0.15, -0.1) is 0 Å². The first-order valence-electron chi connectivity index (χ1n) is 8.34. The van der Waals surface area contributed by atoms with Crippen LogP contribution in [0.25, 0.3) is 0 Å². The molecule has 0 bridgehead atoms. The van der Waals surface area contributed by atoms with Crippen LogP contribution in [0.2, 0.25) is 0 Å². The fourth-order valence-electron chi connectivity index (χ4n) is 3.73. The van der Waals surface area contributed by atoms with Crippen molar-refractivity contribution in [2.45, 2.75) is 63.6 Å². The molecule has 1 aromatic rings. The Hall–Kier alpha value is -1.06. The van der Waals surface area contributed by atoms with Crippen LogP contribution < -0.4 is 4.74 Å². The van der Waals surface area contributed by atoms with Crippen LogP contribution >= 0.6 is 0 Å². The van der Waals surface area contributed by atoms with E-state index in [1.807, 2.05) is 12.1 Å². The van der Waals surface area contributed by atoms with Crippen molar-refractivity contribution < 1.29 is 14.9 Å². The Balaban J connectivity index is 1.54. The van der Waals surface area contributed by atoms with Crippen molar-refractivity contribution in [1.82, 2.24) is 0 Å². The first-order valence-corrected chi connectivity index (χ1v) is 8.34. The zero-order chi connectivity index (χ0) is 14.7. The van der Waals surface area contributed by atoms with Crippen LogP contribution in [0.15, 0.2) is 18.2 Å². The average Bonchev–Trinajstić information content (AvgIpc) is 2.98. The maximum atomic E-state index is 10.1. The van der Waals surface area contributed by atoms with Crippen LogP contribution in [-0.4, -0.2) is 22.9 Å². The first-order chi connectivity index (χ1) is 10.2. The summed E-state index contributed by atoms with van der Waals surface area (Å²) < 4.78 is 5.73. The molecule has 2 atom stereocenters. The van der Waals surface area contributed by atoms with Gasteiger partial charge in [-0.3, -0.25) is 0 Å². The van der Waals surface area contributed by atoms with E-state index in [-0.39, 0.29) is 12.2 Å². The van der Waals surface area contributed by atoms with Gasteiger partial charge in [0.15, 0.2) is 0 Å². The molecule has 0 spiro atoms. The van der Waals surface area contributed by atoms with E-state index in [1.165, 1.54) is 31.2 Å². The van der Waals surface area contributed by atoms with Crippen LogP contribution in [-0.2, 0) is 6.42 Å². The van der Waals surface area contributed by atoms with Crippen molar-refractivity contribution in [3.05, 3.63) is 29.3 Å². The molecular formula is C18H26O3. The molecule has 0 aliphatic heterocycles. The molecule has 1 saturated carbocycles. The maximum Gasteiger partial charge on any atom is 0.119 e. The molecule has 0 heterocycles. The summed E-state index contributed by atoms with van der Waals surface area (Å²) in [5.41, 5.74) is 2.23. The fraction of sp³-hybridized carbons (Fsp3) is 0.667. The standard InChI is InChI=1S/C18H26O3/c19-15(10-13-4-1-2-5-13)12-21-16-9-8-14-6-3-7-18(20)17(14)11-16/h8-9,11,13,15,18-20H,1-7,10,12H2/t15?,18-/m0/s1. The van der Waals surface area contributed by atoms with E-state index in [1.54, 1.807) is 0 Å². The Bertz CT molecular complexity index is 466. The van der Waals surface area contributed by atoms with E-state index < -0.39 is 0 Å². The Morgan fingerprint density at radius 2 is 1.95 bits per heavy atom. The van der Waals surface area contributed by atoms with Gasteiger partial charge < -0.3 is 14.9 Å². The smallest absolute Gasteiger partial charge is 0.119 e. The Labute approximate surface area is 127 Å². The maximum absolute atomic E-state index is 10.1. The summed E-state index contributed by atoms with van der Waals surface area (Å²) in [6, 6.07) is 5.96. The van der Waals surface area contributed by atoms with Gasteiger partial charge in [0.25, 0.3) is 0 Å². The number of benzene rings is 1. The lowest BCUT2D eigenvalue weighted by molar-refractivity contribution is 0.0852. The minimum Gasteiger partial charge on any atom is -0.491 e. The van der Waals surface area contributed by atoms with Gasteiger partial charge in [-0.25, -0.2) is 0 Å². The van der Waals surface area contributed by atoms with Gasteiger partial charge >= 0.3 is 0 Å². The van der Waals surface area contributed by atoms with Gasteiger partial charge in [-0.05, 0) is 54.9 Å². The fourth-order valence-corrected chi connectivity index (χ4v) is 3.73. The van der Waals surface area contributed by atoms with Crippen LogP contribution in [0.3, 0.4) is 0 Å². The number of aliphatic hydroxyl groups excluding tert-OH is 2. The van der Waals surface area contributed by atoms with Crippen LogP contribution in [0.1, 0.15) is 62.2 Å². The molecule has 3 nitrogen and oxygen atoms in total. The first kappa shape index (κ1) is 14.9. The van der Waals surface area contributed by atoms with Gasteiger partial charge in [-0.2, -0.15) is 0 Å². The number of aliphatic hydroxyl groups is 2. The quantitative estimate of drug-likeness (QED) is 0.874. The van der Waals surface area contributed by atoms with Crippen molar-refractivity contribution in [3.63, 3.8) is 0 Å². The van der Waals surface area contributed by atoms with Crippen molar-refractivity contribution in [1.29, 1.82) is 0 Å². The highest BCUT2D eigenvalue weighted by Crippen LogP contribution is 2.32. The van der Waals surface area contributed by atoms with E-state index in [4.69, 9.17) is 4.74 Å². The lowest BCUT2D eigenvalue weighted by Gasteiger charge is -2.22. The van der Waals surface area contributed by atoms with Crippen molar-refractivity contribution in [2.75, 3.05) is 6.61 Å². The second-order valence-electron chi connectivity index (χ2n) is 6.62. The van der Waals surface area contributed by atoms with E-state index in [0.29, 0.717) is 12.5 Å². The number of ether oxygens (including phenoxy) is 1. The number of hydrogen-bond acceptors (Lipinski definition) is 3. The molecule has 116 valence electrons. The Kier molecular flexibility index (Phi) is 4.81. The van der Waals surface area contributed by atoms with E-state index in [0.717, 1.165) is 37.0 Å². The van der Waals surface area contributed by atoms with Crippen molar-refractivity contribution in [3.8, 4) is 5.75 Å². The summed E-state index contributed by atoms with van der Waals surface area (Å²) in [7, 11) is 0. The molecule has 2 aliphatic carbocycles. The highest BCUT2D eigenvalue weighted by atomic mass is 16.5. The molecule has 0 radical (unpaired) electrons. The lowest BCUT2D eigenvalue weighted by Crippen LogP contribution is -2.20. The normalized spacial score (nSPS) is 23.8. The molecule has 0 amide bonds. The molecule has 1 unspecified atom stereocenters. The molecule has 2 aliphatic rings. The van der Waals surface area contributed by atoms with Gasteiger partial charge in [0.1, 0.15) is 12.4 Å². The molecule has 0 aromatic heterocycles. The molecule has 2 N–H and O–H groups in total. The lowest BCUT2D eigenvalue weighted by atomic mass is 9.89. The highest BCUT2D eigenvalue weighted by molar-refractivity contribution is 5.38. The van der Waals surface area contributed by atoms with Gasteiger partial charge in [0.2, 0.25) is 0 Å². The number of hydrogen-bond donors (Lipinski definition) is 2. The zero-order valence-corrected chi connectivity index (χ0v) is 12.6. The molecule has 1 fully saturated rings. The SMILES string of the molecule is OC(COc1ccc2c(c1)[C@@H](O)CCC2)CC1CCCC1. The topological polar surface area (TPSA) is 49.7 Å². The monoisotopic (exact) mass is 290 g/mol. The second-order valence-corrected chi connectivity index (χ2v) is 6.62. The van der Waals surface area contributed by atoms with Crippen LogP contribution in [0.5, 0.6) is 5.75 Å². The number of aryl methyl sites for hydroxylation is 1. The molecule has 3 rings (SSSR count). The largest absolute Gasteiger partial charge is 0.491 e. The molecule has 1 aromatic carbocycles. The van der Waals surface area contributed by atoms with Gasteiger partial charge in [0, 0.05) is 0 Å². The molecular weight excluding hydrogens is 264 g/mol. The minimum absolute atomic E-state index is 0.353. The summed E-state index contributed by atoms with van der Waals surface area (Å²) in [5, 5.41) is 20.1. The summed E-state index contributed by atoms with van der Waals surface area (Å²) in [4.78, 5) is 0. The Morgan fingerprint density at radius 1 is 1.14 bits per heavy atom. The predicted molar refractivity (Wildman–Crippen MR) is 82.4 cm³/mol. The van der Waals surface area contributed by atoms with E-state index in [9.17, 15) is 10.2 Å². The number of fused-ring (bicyclic) bond motifs is 1. The van der Waals surface area contributed by atoms with E-state index in [2.05, 4.69) is 6.07 Å². The zero-order valence-electron chi connectivity index (χ0n) is 12.6. The van der Waals surface area contributed by atoms with Crippen LogP contribution in [0, 0.1) is 5.92 Å². The summed E-state index contributed by atoms with van der Waals surface area (Å²) in [6.07, 6.45) is 8.15. The third-order valence-corrected chi connectivity index (χ3v) is 4.92. The number of rotatable bonds is 5. The molecule has 0 saturated heterocycles. The van der Waals surface area contributed by atoms with Crippen LogP contribution in [0.4, 0.5) is 0 Å². The average molecular weight is 290 g/mol. The van der Waals surface area contributed by atoms with Gasteiger partial charge in [0.05, 0.1) is 12.2 Å². The predicted octanol–water partition coefficient (Wildman–Crippen LogP) is 3.38. The highest BCUT2D eigenvalue weighted by Gasteiger charge is 2.20.